The highest BCUT2D eigenvalue weighted by atomic mass is 31.2. The fourth-order valence-electron chi connectivity index (χ4n) is 12.2. The summed E-state index contributed by atoms with van der Waals surface area (Å²) in [6.07, 6.45) is 59.9. The summed E-state index contributed by atoms with van der Waals surface area (Å²) in [6.45, 7) is 9.55. The van der Waals surface area contributed by atoms with Gasteiger partial charge < -0.3 is 33.8 Å². The van der Waals surface area contributed by atoms with E-state index in [0.717, 1.165) is 102 Å². The van der Waals surface area contributed by atoms with Gasteiger partial charge in [0.2, 0.25) is 0 Å². The Hall–Kier alpha value is -1.94. The van der Waals surface area contributed by atoms with Gasteiger partial charge in [0, 0.05) is 25.7 Å². The Kier molecular flexibility index (Phi) is 69.3. The maximum atomic E-state index is 13.1. The molecule has 0 saturated carbocycles. The van der Waals surface area contributed by atoms with E-state index in [2.05, 4.69) is 41.5 Å². The van der Waals surface area contributed by atoms with Crippen LogP contribution in [0, 0.1) is 11.8 Å². The van der Waals surface area contributed by atoms with E-state index in [9.17, 15) is 43.2 Å². The van der Waals surface area contributed by atoms with Crippen LogP contribution in [0.2, 0.25) is 0 Å². The molecule has 0 aliphatic heterocycles. The van der Waals surface area contributed by atoms with Crippen LogP contribution >= 0.6 is 15.6 Å². The van der Waals surface area contributed by atoms with Gasteiger partial charge in [-0.1, -0.05) is 363 Å². The van der Waals surface area contributed by atoms with Gasteiger partial charge in [-0.3, -0.25) is 37.3 Å². The van der Waals surface area contributed by atoms with Crippen molar-refractivity contribution in [1.29, 1.82) is 0 Å². The second-order valence-electron chi connectivity index (χ2n) is 29.4. The third-order valence-electron chi connectivity index (χ3n) is 18.5. The Balaban J connectivity index is 5.20. The molecule has 0 aromatic heterocycles. The van der Waals surface area contributed by atoms with Crippen molar-refractivity contribution < 1.29 is 80.2 Å². The molecule has 0 aromatic carbocycles. The predicted octanol–water partition coefficient (Wildman–Crippen LogP) is 23.5. The fraction of sp³-hybridized carbons (Fsp3) is 0.949. The van der Waals surface area contributed by atoms with E-state index < -0.39 is 97.5 Å². The zero-order valence-corrected chi connectivity index (χ0v) is 65.9. The maximum Gasteiger partial charge on any atom is 0.472 e. The number of phosphoric ester groups is 2. The average molecular weight is 1440 g/mol. The van der Waals surface area contributed by atoms with Crippen molar-refractivity contribution in [3.05, 3.63) is 0 Å². The van der Waals surface area contributed by atoms with E-state index in [1.54, 1.807) is 0 Å². The van der Waals surface area contributed by atoms with Crippen LogP contribution in [0.4, 0.5) is 0 Å². The number of aliphatic hydroxyl groups is 1. The lowest BCUT2D eigenvalue weighted by Gasteiger charge is -2.21. The first-order valence-electron chi connectivity index (χ1n) is 41.0. The third-order valence-corrected chi connectivity index (χ3v) is 20.4. The van der Waals surface area contributed by atoms with Crippen molar-refractivity contribution in [2.24, 2.45) is 11.8 Å². The molecule has 0 saturated heterocycles. The molecule has 3 N–H and O–H groups in total. The molecule has 19 heteroatoms. The smallest absolute Gasteiger partial charge is 0.462 e. The first kappa shape index (κ1) is 96.1. The van der Waals surface area contributed by atoms with Crippen molar-refractivity contribution in [3.63, 3.8) is 0 Å². The van der Waals surface area contributed by atoms with Gasteiger partial charge in [-0.15, -0.1) is 0 Å². The van der Waals surface area contributed by atoms with Crippen LogP contribution in [0.25, 0.3) is 0 Å². The normalized spacial score (nSPS) is 13.9. The SMILES string of the molecule is CCCCCCCCCCCCCCCCCCCCCCCC(=O)O[C@H](COC(=O)CCCCCCCCCCCCCCCC(C)C)COP(=O)(O)OC[C@@H](O)COP(=O)(O)OC[C@@H](COC(=O)CCCCCCCCC(C)C)OC(=O)CCCCCCCCCCCCCC. The Bertz CT molecular complexity index is 1890. The van der Waals surface area contributed by atoms with Gasteiger partial charge in [-0.25, -0.2) is 9.13 Å². The number of phosphoric acid groups is 2. The van der Waals surface area contributed by atoms with E-state index in [1.807, 2.05) is 0 Å². The van der Waals surface area contributed by atoms with Gasteiger partial charge in [0.15, 0.2) is 12.2 Å². The molecule has 0 aliphatic carbocycles. The number of esters is 4. The highest BCUT2D eigenvalue weighted by Gasteiger charge is 2.30. The van der Waals surface area contributed by atoms with Crippen LogP contribution in [0.15, 0.2) is 0 Å². The lowest BCUT2D eigenvalue weighted by Crippen LogP contribution is -2.30. The quantitative estimate of drug-likeness (QED) is 0.0222. The first-order valence-corrected chi connectivity index (χ1v) is 44.0. The second kappa shape index (κ2) is 70.7. The van der Waals surface area contributed by atoms with E-state index in [0.29, 0.717) is 31.6 Å². The Labute approximate surface area is 600 Å². The van der Waals surface area contributed by atoms with Crippen LogP contribution in [0.3, 0.4) is 0 Å². The molecule has 0 heterocycles. The largest absolute Gasteiger partial charge is 0.472 e. The molecule has 98 heavy (non-hydrogen) atoms. The summed E-state index contributed by atoms with van der Waals surface area (Å²) in [5.41, 5.74) is 0. The van der Waals surface area contributed by atoms with Crippen LogP contribution in [0.1, 0.15) is 414 Å². The van der Waals surface area contributed by atoms with Gasteiger partial charge >= 0.3 is 39.5 Å². The highest BCUT2D eigenvalue weighted by Crippen LogP contribution is 2.45. The van der Waals surface area contributed by atoms with E-state index in [4.69, 9.17) is 37.0 Å². The van der Waals surface area contributed by atoms with Crippen LogP contribution < -0.4 is 0 Å². The number of hydrogen-bond donors (Lipinski definition) is 3. The number of rotatable bonds is 78. The molecule has 5 atom stereocenters. The summed E-state index contributed by atoms with van der Waals surface area (Å²) >= 11 is 0. The van der Waals surface area contributed by atoms with Crippen LogP contribution in [0.5, 0.6) is 0 Å². The highest BCUT2D eigenvalue weighted by molar-refractivity contribution is 7.47. The number of aliphatic hydroxyl groups excluding tert-OH is 1. The molecule has 17 nitrogen and oxygen atoms in total. The first-order chi connectivity index (χ1) is 47.4. The molecule has 0 spiro atoms. The molecular formula is C79H154O17P2. The number of carbonyl (C=O) groups excluding carboxylic acids is 4. The molecule has 0 radical (unpaired) electrons. The van der Waals surface area contributed by atoms with Crippen molar-refractivity contribution in [2.45, 2.75) is 432 Å². The summed E-state index contributed by atoms with van der Waals surface area (Å²) in [5, 5.41) is 10.6. The summed E-state index contributed by atoms with van der Waals surface area (Å²) in [7, 11) is -9.91. The molecular weight excluding hydrogens is 1280 g/mol. The van der Waals surface area contributed by atoms with E-state index >= 15 is 0 Å². The topological polar surface area (TPSA) is 237 Å². The number of ether oxygens (including phenoxy) is 4. The standard InChI is InChI=1S/C79H154O17P2/c1-7-9-11-13-15-17-19-21-22-23-24-25-26-27-28-31-36-40-44-52-58-64-79(84)95-74(67-89-76(81)61-55-49-42-38-35-32-29-30-33-37-41-47-53-59-71(3)4)69-93-97(85,86)91-65-73(80)66-92-98(87,88)94-70-75(68-90-77(82)62-56-50-46-45-48-54-60-72(5)6)96-78(83)63-57-51-43-39-34-20-18-16-14-12-10-8-2/h71-75,80H,7-70H2,1-6H3,(H,85,86)(H,87,88)/t73-,74-,75-/m1/s1. The van der Waals surface area contributed by atoms with Gasteiger partial charge in [-0.05, 0) is 37.5 Å². The Morgan fingerprint density at radius 3 is 0.694 bits per heavy atom. The molecule has 0 aliphatic rings. The summed E-state index contributed by atoms with van der Waals surface area (Å²) in [5.74, 6) is -0.643. The Morgan fingerprint density at radius 1 is 0.276 bits per heavy atom. The van der Waals surface area contributed by atoms with Crippen molar-refractivity contribution >= 4 is 39.5 Å². The minimum Gasteiger partial charge on any atom is -0.462 e. The minimum atomic E-state index is -4.96. The van der Waals surface area contributed by atoms with Crippen LogP contribution in [-0.4, -0.2) is 96.7 Å². The Morgan fingerprint density at radius 2 is 0.469 bits per heavy atom. The van der Waals surface area contributed by atoms with Crippen molar-refractivity contribution in [1.82, 2.24) is 0 Å². The molecule has 0 aromatic rings. The molecule has 0 amide bonds. The van der Waals surface area contributed by atoms with Gasteiger partial charge in [0.1, 0.15) is 19.3 Å². The molecule has 0 rings (SSSR count). The molecule has 0 fully saturated rings. The number of hydrogen-bond acceptors (Lipinski definition) is 15. The average Bonchev–Trinajstić information content (AvgIpc) is 1.63. The summed E-state index contributed by atoms with van der Waals surface area (Å²) in [6, 6.07) is 0. The summed E-state index contributed by atoms with van der Waals surface area (Å²) in [4.78, 5) is 72.9. The maximum absolute atomic E-state index is 13.1. The van der Waals surface area contributed by atoms with Crippen LogP contribution in [-0.2, 0) is 65.4 Å². The van der Waals surface area contributed by atoms with Gasteiger partial charge in [0.25, 0.3) is 0 Å². The second-order valence-corrected chi connectivity index (χ2v) is 32.3. The van der Waals surface area contributed by atoms with Crippen molar-refractivity contribution in [3.8, 4) is 0 Å². The van der Waals surface area contributed by atoms with E-state index in [1.165, 1.54) is 225 Å². The van der Waals surface area contributed by atoms with Gasteiger partial charge in [0.05, 0.1) is 26.4 Å². The fourth-order valence-corrected chi connectivity index (χ4v) is 13.8. The van der Waals surface area contributed by atoms with E-state index in [-0.39, 0.29) is 25.7 Å². The van der Waals surface area contributed by atoms with Gasteiger partial charge in [-0.2, -0.15) is 0 Å². The summed E-state index contributed by atoms with van der Waals surface area (Å²) < 4.78 is 68.6. The third kappa shape index (κ3) is 72.4. The lowest BCUT2D eigenvalue weighted by atomic mass is 10.0. The van der Waals surface area contributed by atoms with Crippen molar-refractivity contribution in [2.75, 3.05) is 39.6 Å². The predicted molar refractivity (Wildman–Crippen MR) is 400 cm³/mol. The molecule has 0 bridgehead atoms. The lowest BCUT2D eigenvalue weighted by molar-refractivity contribution is -0.161. The zero-order valence-electron chi connectivity index (χ0n) is 64.1. The zero-order chi connectivity index (χ0) is 72.1. The minimum absolute atomic E-state index is 0.106. The number of carbonyl (C=O) groups is 4. The molecule has 2 unspecified atom stereocenters. The monoisotopic (exact) mass is 1440 g/mol. The molecule has 582 valence electrons. The number of unbranched alkanes of at least 4 members (excludes halogenated alkanes) is 48.